The van der Waals surface area contributed by atoms with Gasteiger partial charge in [-0.25, -0.2) is 9.37 Å². The Bertz CT molecular complexity index is 944. The fraction of sp³-hybridized carbons (Fsp3) is 0.316. The number of amides is 1. The number of benzene rings is 1. The van der Waals surface area contributed by atoms with E-state index >= 15 is 0 Å². The summed E-state index contributed by atoms with van der Waals surface area (Å²) in [6, 6.07) is 9.49. The topological polar surface area (TPSA) is 51.0 Å². The first kappa shape index (κ1) is 15.7. The van der Waals surface area contributed by atoms with E-state index < -0.39 is 5.82 Å². The largest absolute Gasteiger partial charge is 0.334 e. The van der Waals surface area contributed by atoms with Crippen LogP contribution in [0.2, 0.25) is 0 Å². The maximum absolute atomic E-state index is 13.3. The van der Waals surface area contributed by atoms with Crippen LogP contribution in [-0.2, 0) is 0 Å². The lowest BCUT2D eigenvalue weighted by atomic mass is 10.1. The summed E-state index contributed by atoms with van der Waals surface area (Å²) in [6.45, 7) is 5.43. The molecule has 0 atom stereocenters. The molecule has 1 fully saturated rings. The Morgan fingerprint density at radius 1 is 1.24 bits per heavy atom. The molecule has 0 radical (unpaired) electrons. The van der Waals surface area contributed by atoms with Crippen molar-refractivity contribution in [3.63, 3.8) is 0 Å². The van der Waals surface area contributed by atoms with Crippen LogP contribution in [0.5, 0.6) is 0 Å². The first-order valence-corrected chi connectivity index (χ1v) is 8.41. The Morgan fingerprint density at radius 2 is 2.00 bits per heavy atom. The molecule has 3 heterocycles. The minimum atomic E-state index is -0.495. The lowest BCUT2D eigenvalue weighted by Gasteiger charge is -2.41. The van der Waals surface area contributed by atoms with Crippen molar-refractivity contribution in [1.29, 1.82) is 0 Å². The highest BCUT2D eigenvalue weighted by Gasteiger charge is 2.35. The smallest absolute Gasteiger partial charge is 0.255 e. The molecule has 4 rings (SSSR count). The van der Waals surface area contributed by atoms with Crippen LogP contribution in [0.15, 0.2) is 42.7 Å². The van der Waals surface area contributed by atoms with Gasteiger partial charge in [0.15, 0.2) is 0 Å². The van der Waals surface area contributed by atoms with Crippen LogP contribution in [0, 0.1) is 5.82 Å². The molecule has 2 aromatic heterocycles. The predicted octanol–water partition coefficient (Wildman–Crippen LogP) is 3.39. The SMILES string of the molecule is CC(C)c1nc2ccccc2n1C1CN(C(=O)c2cncc(F)c2)C1. The molecule has 0 spiro atoms. The molecule has 3 aromatic rings. The summed E-state index contributed by atoms with van der Waals surface area (Å²) in [6.07, 6.45) is 2.51. The molecule has 0 N–H and O–H groups in total. The minimum Gasteiger partial charge on any atom is -0.334 e. The Morgan fingerprint density at radius 3 is 2.72 bits per heavy atom. The van der Waals surface area contributed by atoms with Gasteiger partial charge in [0.25, 0.3) is 5.91 Å². The van der Waals surface area contributed by atoms with Gasteiger partial charge in [0.05, 0.1) is 28.8 Å². The fourth-order valence-corrected chi connectivity index (χ4v) is 3.35. The Hall–Kier alpha value is -2.76. The number of hydrogen-bond acceptors (Lipinski definition) is 3. The summed E-state index contributed by atoms with van der Waals surface area (Å²) >= 11 is 0. The van der Waals surface area contributed by atoms with Crippen molar-refractivity contribution in [3.05, 3.63) is 59.9 Å². The van der Waals surface area contributed by atoms with Crippen LogP contribution in [0.3, 0.4) is 0 Å². The minimum absolute atomic E-state index is 0.182. The standard InChI is InChI=1S/C19H19FN4O/c1-12(2)18-22-16-5-3-4-6-17(16)24(18)15-10-23(11-15)19(25)13-7-14(20)9-21-8-13/h3-9,12,15H,10-11H2,1-2H3. The number of pyridine rings is 1. The van der Waals surface area contributed by atoms with Crippen LogP contribution in [0.1, 0.15) is 42.0 Å². The number of carbonyl (C=O) groups is 1. The van der Waals surface area contributed by atoms with Gasteiger partial charge in [-0.1, -0.05) is 26.0 Å². The maximum atomic E-state index is 13.3. The van der Waals surface area contributed by atoms with Crippen molar-refractivity contribution in [2.24, 2.45) is 0 Å². The predicted molar refractivity (Wildman–Crippen MR) is 93.0 cm³/mol. The second-order valence-electron chi connectivity index (χ2n) is 6.74. The number of aromatic nitrogens is 3. The molecule has 1 saturated heterocycles. The third kappa shape index (κ3) is 2.67. The molecule has 128 valence electrons. The molecule has 0 aliphatic carbocycles. The van der Waals surface area contributed by atoms with E-state index in [1.807, 2.05) is 18.2 Å². The van der Waals surface area contributed by atoms with Crippen LogP contribution >= 0.6 is 0 Å². The van der Waals surface area contributed by atoms with Gasteiger partial charge in [0.2, 0.25) is 0 Å². The lowest BCUT2D eigenvalue weighted by molar-refractivity contribution is 0.0520. The van der Waals surface area contributed by atoms with E-state index in [1.165, 1.54) is 12.3 Å². The summed E-state index contributed by atoms with van der Waals surface area (Å²) in [7, 11) is 0. The molecular weight excluding hydrogens is 319 g/mol. The molecule has 25 heavy (non-hydrogen) atoms. The molecule has 1 aromatic carbocycles. The van der Waals surface area contributed by atoms with Crippen molar-refractivity contribution in [2.45, 2.75) is 25.8 Å². The second kappa shape index (κ2) is 5.95. The number of rotatable bonds is 3. The number of para-hydroxylation sites is 2. The van der Waals surface area contributed by atoms with Gasteiger partial charge in [-0.05, 0) is 18.2 Å². The zero-order chi connectivity index (χ0) is 17.6. The summed E-state index contributed by atoms with van der Waals surface area (Å²) < 4.78 is 15.5. The summed E-state index contributed by atoms with van der Waals surface area (Å²) in [5, 5.41) is 0. The summed E-state index contributed by atoms with van der Waals surface area (Å²) in [4.78, 5) is 22.7. The molecule has 1 aliphatic heterocycles. The molecule has 6 heteroatoms. The zero-order valence-electron chi connectivity index (χ0n) is 14.2. The van der Waals surface area contributed by atoms with E-state index in [4.69, 9.17) is 4.98 Å². The van der Waals surface area contributed by atoms with E-state index in [0.717, 1.165) is 23.1 Å². The van der Waals surface area contributed by atoms with Gasteiger partial charge < -0.3 is 9.47 Å². The number of hydrogen-bond donors (Lipinski definition) is 0. The van der Waals surface area contributed by atoms with Gasteiger partial charge in [-0.2, -0.15) is 0 Å². The fourth-order valence-electron chi connectivity index (χ4n) is 3.35. The third-order valence-corrected chi connectivity index (χ3v) is 4.61. The van der Waals surface area contributed by atoms with E-state index in [-0.39, 0.29) is 17.5 Å². The number of likely N-dealkylation sites (tertiary alicyclic amines) is 1. The Balaban J connectivity index is 1.59. The van der Waals surface area contributed by atoms with Crippen LogP contribution in [0.4, 0.5) is 4.39 Å². The number of carbonyl (C=O) groups excluding carboxylic acids is 1. The Labute approximate surface area is 145 Å². The summed E-state index contributed by atoms with van der Waals surface area (Å²) in [5.74, 6) is 0.652. The maximum Gasteiger partial charge on any atom is 0.255 e. The number of fused-ring (bicyclic) bond motifs is 1. The van der Waals surface area contributed by atoms with Crippen molar-refractivity contribution in [2.75, 3.05) is 13.1 Å². The average molecular weight is 338 g/mol. The van der Waals surface area contributed by atoms with Gasteiger partial charge in [-0.3, -0.25) is 9.78 Å². The molecular formula is C19H19FN4O. The van der Waals surface area contributed by atoms with Gasteiger partial charge in [-0.15, -0.1) is 0 Å². The van der Waals surface area contributed by atoms with Crippen molar-refractivity contribution >= 4 is 16.9 Å². The molecule has 0 bridgehead atoms. The van der Waals surface area contributed by atoms with Crippen molar-refractivity contribution in [3.8, 4) is 0 Å². The highest BCUT2D eigenvalue weighted by Crippen LogP contribution is 2.31. The molecule has 0 saturated carbocycles. The highest BCUT2D eigenvalue weighted by molar-refractivity contribution is 5.94. The van der Waals surface area contributed by atoms with Crippen molar-refractivity contribution in [1.82, 2.24) is 19.4 Å². The van der Waals surface area contributed by atoms with Gasteiger partial charge >= 0.3 is 0 Å². The van der Waals surface area contributed by atoms with E-state index in [0.29, 0.717) is 19.0 Å². The second-order valence-corrected chi connectivity index (χ2v) is 6.74. The van der Waals surface area contributed by atoms with Crippen LogP contribution < -0.4 is 0 Å². The molecule has 1 amide bonds. The lowest BCUT2D eigenvalue weighted by Crippen LogP contribution is -2.51. The van der Waals surface area contributed by atoms with Crippen LogP contribution in [0.25, 0.3) is 11.0 Å². The molecule has 1 aliphatic rings. The average Bonchev–Trinajstić information content (AvgIpc) is 2.93. The Kier molecular flexibility index (Phi) is 3.75. The van der Waals surface area contributed by atoms with E-state index in [2.05, 4.69) is 29.5 Å². The number of nitrogens with zero attached hydrogens (tertiary/aromatic N) is 4. The number of imidazole rings is 1. The third-order valence-electron chi connectivity index (χ3n) is 4.61. The molecule has 5 nitrogen and oxygen atoms in total. The van der Waals surface area contributed by atoms with Gasteiger partial charge in [0.1, 0.15) is 11.6 Å². The first-order valence-electron chi connectivity index (χ1n) is 8.41. The summed E-state index contributed by atoms with van der Waals surface area (Å²) in [5.41, 5.74) is 2.36. The molecule has 0 unspecified atom stereocenters. The zero-order valence-corrected chi connectivity index (χ0v) is 14.2. The normalized spacial score (nSPS) is 15.0. The first-order chi connectivity index (χ1) is 12.0. The van der Waals surface area contributed by atoms with Crippen LogP contribution in [-0.4, -0.2) is 38.4 Å². The quantitative estimate of drug-likeness (QED) is 0.735. The van der Waals surface area contributed by atoms with E-state index in [1.54, 1.807) is 4.90 Å². The van der Waals surface area contributed by atoms with Gasteiger partial charge in [0, 0.05) is 25.2 Å². The van der Waals surface area contributed by atoms with Crippen molar-refractivity contribution < 1.29 is 9.18 Å². The monoisotopic (exact) mass is 338 g/mol. The van der Waals surface area contributed by atoms with E-state index in [9.17, 15) is 9.18 Å². The number of halogens is 1. The highest BCUT2D eigenvalue weighted by atomic mass is 19.1.